The molecule has 1 aromatic carbocycles. The van der Waals surface area contributed by atoms with E-state index in [-0.39, 0.29) is 0 Å². The van der Waals surface area contributed by atoms with Crippen LogP contribution in [-0.2, 0) is 6.42 Å². The molecule has 2 aromatic rings. The van der Waals surface area contributed by atoms with Crippen LogP contribution < -0.4 is 5.32 Å². The van der Waals surface area contributed by atoms with Gasteiger partial charge in [-0.25, -0.2) is 0 Å². The topological polar surface area (TPSA) is 12.0 Å². The molecule has 0 spiro atoms. The molecule has 1 aliphatic rings. The zero-order valence-corrected chi connectivity index (χ0v) is 14.8. The van der Waals surface area contributed by atoms with E-state index in [0.717, 1.165) is 4.34 Å². The maximum absolute atomic E-state index is 6.17. The third-order valence-electron chi connectivity index (χ3n) is 3.86. The first-order valence-electron chi connectivity index (χ1n) is 6.86. The molecule has 4 heteroatoms. The quantitative estimate of drug-likeness (QED) is 0.657. The summed E-state index contributed by atoms with van der Waals surface area (Å²) in [4.78, 5) is 1.45. The van der Waals surface area contributed by atoms with Gasteiger partial charge in [-0.05, 0) is 68.0 Å². The first kappa shape index (κ1) is 14.4. The summed E-state index contributed by atoms with van der Waals surface area (Å²) in [6.07, 6.45) is 3.58. The molecule has 3 rings (SSSR count). The van der Waals surface area contributed by atoms with Gasteiger partial charge in [0.1, 0.15) is 0 Å². The molecule has 1 nitrogen and oxygen atoms in total. The van der Waals surface area contributed by atoms with Crippen molar-refractivity contribution in [3.05, 3.63) is 48.6 Å². The fraction of sp³-hybridized carbons (Fsp3) is 0.375. The Balaban J connectivity index is 1.89. The van der Waals surface area contributed by atoms with Gasteiger partial charge in [0.2, 0.25) is 0 Å². The van der Waals surface area contributed by atoms with E-state index in [2.05, 4.69) is 53.3 Å². The highest BCUT2D eigenvalue weighted by atomic mass is 79.9. The van der Waals surface area contributed by atoms with Gasteiger partial charge in [0.25, 0.3) is 0 Å². The highest BCUT2D eigenvalue weighted by Gasteiger charge is 2.22. The predicted octanol–water partition coefficient (Wildman–Crippen LogP) is 6.27. The normalized spacial score (nSPS) is 17.9. The van der Waals surface area contributed by atoms with Gasteiger partial charge in [0, 0.05) is 15.0 Å². The smallest absolute Gasteiger partial charge is 0.0934 e. The summed E-state index contributed by atoms with van der Waals surface area (Å²) < 4.78 is 2.11. The Morgan fingerprint density at radius 1 is 1.25 bits per heavy atom. The van der Waals surface area contributed by atoms with Crippen LogP contribution in [-0.4, -0.2) is 0 Å². The van der Waals surface area contributed by atoms with E-state index in [4.69, 9.17) is 11.6 Å². The molecule has 0 radical (unpaired) electrons. The predicted molar refractivity (Wildman–Crippen MR) is 92.2 cm³/mol. The van der Waals surface area contributed by atoms with Crippen LogP contribution in [0.3, 0.4) is 0 Å². The number of nitrogens with one attached hydrogen (secondary N) is 1. The van der Waals surface area contributed by atoms with Gasteiger partial charge in [-0.1, -0.05) is 27.5 Å². The molecule has 1 N–H and O–H groups in total. The molecule has 1 heterocycles. The van der Waals surface area contributed by atoms with Gasteiger partial charge in [0.05, 0.1) is 10.4 Å². The van der Waals surface area contributed by atoms with E-state index < -0.39 is 0 Å². The van der Waals surface area contributed by atoms with Crippen molar-refractivity contribution >= 4 is 44.6 Å². The maximum Gasteiger partial charge on any atom is 0.0934 e. The maximum atomic E-state index is 6.17. The van der Waals surface area contributed by atoms with Crippen molar-refractivity contribution in [2.75, 3.05) is 5.32 Å². The number of halogens is 2. The summed E-state index contributed by atoms with van der Waals surface area (Å²) in [5.41, 5.74) is 5.13. The fourth-order valence-corrected chi connectivity index (χ4v) is 4.51. The zero-order valence-electron chi connectivity index (χ0n) is 11.6. The highest BCUT2D eigenvalue weighted by molar-refractivity contribution is 9.10. The molecule has 106 valence electrons. The Morgan fingerprint density at radius 3 is 2.65 bits per heavy atom. The zero-order chi connectivity index (χ0) is 14.3. The third kappa shape index (κ3) is 2.76. The van der Waals surface area contributed by atoms with Crippen LogP contribution in [0.4, 0.5) is 5.69 Å². The number of rotatable bonds is 2. The van der Waals surface area contributed by atoms with Crippen LogP contribution in [0.15, 0.2) is 22.7 Å². The van der Waals surface area contributed by atoms with Gasteiger partial charge in [0.15, 0.2) is 0 Å². The summed E-state index contributed by atoms with van der Waals surface area (Å²) in [7, 11) is 0. The van der Waals surface area contributed by atoms with E-state index >= 15 is 0 Å². The van der Waals surface area contributed by atoms with Crippen molar-refractivity contribution in [1.29, 1.82) is 0 Å². The summed E-state index contributed by atoms with van der Waals surface area (Å²) in [5, 5.41) is 3.69. The molecule has 20 heavy (non-hydrogen) atoms. The minimum Gasteiger partial charge on any atom is -0.378 e. The van der Waals surface area contributed by atoms with E-state index in [1.807, 2.05) is 0 Å². The van der Waals surface area contributed by atoms with Crippen molar-refractivity contribution in [2.24, 2.45) is 0 Å². The monoisotopic (exact) mass is 369 g/mol. The van der Waals surface area contributed by atoms with E-state index in [1.165, 1.54) is 51.0 Å². The van der Waals surface area contributed by atoms with Crippen LogP contribution in [0.2, 0.25) is 4.34 Å². The molecule has 1 atom stereocenters. The standard InChI is InChI=1S/C16H17BrClNS/c1-9-6-11(7-10(2)16(9)17)19-13-4-3-5-14-12(13)8-15(18)20-14/h6-8,13,19H,3-5H2,1-2H3. The van der Waals surface area contributed by atoms with Crippen LogP contribution in [0.5, 0.6) is 0 Å². The first-order valence-corrected chi connectivity index (χ1v) is 8.84. The van der Waals surface area contributed by atoms with Crippen LogP contribution >= 0.6 is 38.9 Å². The molecule has 0 fully saturated rings. The molecule has 1 aromatic heterocycles. The SMILES string of the molecule is Cc1cc(NC2CCCc3sc(Cl)cc32)cc(C)c1Br. The largest absolute Gasteiger partial charge is 0.378 e. The number of benzene rings is 1. The average molecular weight is 371 g/mol. The molecule has 0 amide bonds. The van der Waals surface area contributed by atoms with Gasteiger partial charge in [-0.2, -0.15) is 0 Å². The number of anilines is 1. The highest BCUT2D eigenvalue weighted by Crippen LogP contribution is 2.39. The molecular formula is C16H17BrClNS. The number of thiophene rings is 1. The molecule has 0 aliphatic heterocycles. The number of hydrogen-bond donors (Lipinski definition) is 1. The van der Waals surface area contributed by atoms with Crippen molar-refractivity contribution in [1.82, 2.24) is 0 Å². The summed E-state index contributed by atoms with van der Waals surface area (Å²) in [6.45, 7) is 4.27. The van der Waals surface area contributed by atoms with Crippen LogP contribution in [0.25, 0.3) is 0 Å². The minimum absolute atomic E-state index is 0.391. The van der Waals surface area contributed by atoms with Crippen molar-refractivity contribution in [2.45, 2.75) is 39.2 Å². The number of fused-ring (bicyclic) bond motifs is 1. The first-order chi connectivity index (χ1) is 9.54. The lowest BCUT2D eigenvalue weighted by Gasteiger charge is -2.25. The van der Waals surface area contributed by atoms with Gasteiger partial charge >= 0.3 is 0 Å². The number of aryl methyl sites for hydroxylation is 3. The summed E-state index contributed by atoms with van der Waals surface area (Å²) >= 11 is 11.5. The van der Waals surface area contributed by atoms with Crippen LogP contribution in [0.1, 0.15) is 40.5 Å². The molecular weight excluding hydrogens is 354 g/mol. The van der Waals surface area contributed by atoms with Gasteiger partial charge < -0.3 is 5.32 Å². The van der Waals surface area contributed by atoms with Crippen LogP contribution in [0, 0.1) is 13.8 Å². The molecule has 0 saturated carbocycles. The lowest BCUT2D eigenvalue weighted by molar-refractivity contribution is 0.609. The Bertz CT molecular complexity index is 627. The Morgan fingerprint density at radius 2 is 1.95 bits per heavy atom. The third-order valence-corrected chi connectivity index (χ3v) is 6.45. The van der Waals surface area contributed by atoms with Gasteiger partial charge in [-0.15, -0.1) is 11.3 Å². The molecule has 0 bridgehead atoms. The second kappa shape index (κ2) is 5.70. The van der Waals surface area contributed by atoms with Gasteiger partial charge in [-0.3, -0.25) is 0 Å². The second-order valence-electron chi connectivity index (χ2n) is 5.44. The van der Waals surface area contributed by atoms with Crippen molar-refractivity contribution < 1.29 is 0 Å². The fourth-order valence-electron chi connectivity index (χ4n) is 2.90. The average Bonchev–Trinajstić information content (AvgIpc) is 2.77. The second-order valence-corrected chi connectivity index (χ2v) is 8.00. The van der Waals surface area contributed by atoms with E-state index in [1.54, 1.807) is 11.3 Å². The minimum atomic E-state index is 0.391. The molecule has 0 saturated heterocycles. The summed E-state index contributed by atoms with van der Waals surface area (Å²) in [6, 6.07) is 6.94. The molecule has 1 unspecified atom stereocenters. The lowest BCUT2D eigenvalue weighted by Crippen LogP contribution is -2.15. The number of hydrogen-bond acceptors (Lipinski definition) is 2. The van der Waals surface area contributed by atoms with Crippen molar-refractivity contribution in [3.63, 3.8) is 0 Å². The lowest BCUT2D eigenvalue weighted by atomic mass is 9.93. The Labute approximate surface area is 137 Å². The van der Waals surface area contributed by atoms with E-state index in [0.29, 0.717) is 6.04 Å². The van der Waals surface area contributed by atoms with Crippen molar-refractivity contribution in [3.8, 4) is 0 Å². The Kier molecular flexibility index (Phi) is 4.11. The van der Waals surface area contributed by atoms with E-state index in [9.17, 15) is 0 Å². The Hall–Kier alpha value is -0.510. The summed E-state index contributed by atoms with van der Waals surface area (Å²) in [5.74, 6) is 0. The molecule has 1 aliphatic carbocycles.